The lowest BCUT2D eigenvalue weighted by molar-refractivity contribution is -0.122. The molecule has 0 saturated heterocycles. The normalized spacial score (nSPS) is 18.5. The highest BCUT2D eigenvalue weighted by molar-refractivity contribution is 7.98. The van der Waals surface area contributed by atoms with E-state index in [9.17, 15) is 13.2 Å². The van der Waals surface area contributed by atoms with Crippen LogP contribution < -0.4 is 10.0 Å². The van der Waals surface area contributed by atoms with E-state index < -0.39 is 16.1 Å². The zero-order chi connectivity index (χ0) is 16.2. The molecule has 0 aromatic heterocycles. The molecule has 0 aliphatic carbocycles. The molecule has 0 unspecified atom stereocenters. The maximum atomic E-state index is 12.1. The lowest BCUT2D eigenvalue weighted by Crippen LogP contribution is -2.35. The van der Waals surface area contributed by atoms with E-state index in [0.717, 1.165) is 5.75 Å². The molecule has 0 radical (unpaired) electrons. The van der Waals surface area contributed by atoms with Gasteiger partial charge in [-0.1, -0.05) is 12.1 Å². The number of amides is 1. The molecule has 8 heteroatoms. The molecule has 120 valence electrons. The SMILES string of the molecule is CCNC(=O)[C@H](CCSC)N=C1NS(=O)(=O)c2ccccc21. The van der Waals surface area contributed by atoms with Gasteiger partial charge in [-0.2, -0.15) is 11.8 Å². The van der Waals surface area contributed by atoms with Gasteiger partial charge >= 0.3 is 0 Å². The van der Waals surface area contributed by atoms with Crippen LogP contribution in [0.3, 0.4) is 0 Å². The fourth-order valence-corrected chi connectivity index (χ4v) is 3.86. The van der Waals surface area contributed by atoms with Gasteiger partial charge in [-0.3, -0.25) is 14.5 Å². The van der Waals surface area contributed by atoms with Gasteiger partial charge in [0.05, 0.1) is 4.90 Å². The summed E-state index contributed by atoms with van der Waals surface area (Å²) < 4.78 is 26.6. The maximum absolute atomic E-state index is 12.1. The fourth-order valence-electron chi connectivity index (χ4n) is 2.16. The number of amidine groups is 1. The predicted octanol–water partition coefficient (Wildman–Crippen LogP) is 0.983. The topological polar surface area (TPSA) is 87.6 Å². The highest BCUT2D eigenvalue weighted by Gasteiger charge is 2.31. The first-order valence-corrected chi connectivity index (χ1v) is 9.84. The summed E-state index contributed by atoms with van der Waals surface area (Å²) in [7, 11) is -3.58. The van der Waals surface area contributed by atoms with E-state index in [1.54, 1.807) is 30.0 Å². The van der Waals surface area contributed by atoms with Crippen molar-refractivity contribution in [3.63, 3.8) is 0 Å². The highest BCUT2D eigenvalue weighted by atomic mass is 32.2. The van der Waals surface area contributed by atoms with E-state index in [-0.39, 0.29) is 16.6 Å². The Hall–Kier alpha value is -1.54. The highest BCUT2D eigenvalue weighted by Crippen LogP contribution is 2.23. The number of sulfonamides is 1. The molecule has 1 amide bonds. The number of aliphatic imine (C=N–C) groups is 1. The molecule has 0 spiro atoms. The zero-order valence-corrected chi connectivity index (χ0v) is 14.1. The summed E-state index contributed by atoms with van der Waals surface area (Å²) in [5.74, 6) is 0.827. The molecule has 1 heterocycles. The van der Waals surface area contributed by atoms with Crippen LogP contribution in [0.4, 0.5) is 0 Å². The number of nitrogens with one attached hydrogen (secondary N) is 2. The second kappa shape index (κ2) is 7.15. The molecule has 1 atom stereocenters. The molecule has 2 N–H and O–H groups in total. The minimum atomic E-state index is -3.58. The van der Waals surface area contributed by atoms with Gasteiger partial charge in [0.25, 0.3) is 10.0 Å². The summed E-state index contributed by atoms with van der Waals surface area (Å²) in [6.07, 6.45) is 2.51. The first kappa shape index (κ1) is 16.8. The van der Waals surface area contributed by atoms with Crippen molar-refractivity contribution in [2.45, 2.75) is 24.3 Å². The Morgan fingerprint density at radius 2 is 2.14 bits per heavy atom. The molecule has 0 bridgehead atoms. The van der Waals surface area contributed by atoms with E-state index in [4.69, 9.17) is 0 Å². The smallest absolute Gasteiger partial charge is 0.263 e. The molecule has 1 aliphatic rings. The molecule has 1 aromatic rings. The number of hydrogen-bond donors (Lipinski definition) is 2. The molecule has 1 aliphatic heterocycles. The number of fused-ring (bicyclic) bond motifs is 1. The Balaban J connectivity index is 2.35. The largest absolute Gasteiger partial charge is 0.355 e. The van der Waals surface area contributed by atoms with Crippen molar-refractivity contribution in [3.05, 3.63) is 29.8 Å². The first-order valence-electron chi connectivity index (χ1n) is 6.96. The van der Waals surface area contributed by atoms with Crippen molar-refractivity contribution in [1.82, 2.24) is 10.0 Å². The van der Waals surface area contributed by atoms with E-state index in [0.29, 0.717) is 18.5 Å². The van der Waals surface area contributed by atoms with Gasteiger partial charge in [-0.15, -0.1) is 0 Å². The number of benzene rings is 1. The van der Waals surface area contributed by atoms with Crippen molar-refractivity contribution in [2.24, 2.45) is 4.99 Å². The lowest BCUT2D eigenvalue weighted by Gasteiger charge is -2.12. The van der Waals surface area contributed by atoms with Crippen molar-refractivity contribution in [2.75, 3.05) is 18.6 Å². The van der Waals surface area contributed by atoms with E-state index in [1.165, 1.54) is 6.07 Å². The Kier molecular flexibility index (Phi) is 5.47. The maximum Gasteiger partial charge on any atom is 0.263 e. The van der Waals surface area contributed by atoms with Crippen LogP contribution in [-0.2, 0) is 14.8 Å². The second-order valence-electron chi connectivity index (χ2n) is 4.77. The minimum absolute atomic E-state index is 0.187. The van der Waals surface area contributed by atoms with Crippen LogP contribution in [-0.4, -0.2) is 44.8 Å². The number of thioether (sulfide) groups is 1. The summed E-state index contributed by atoms with van der Waals surface area (Å²) in [6, 6.07) is 6.03. The van der Waals surface area contributed by atoms with Crippen LogP contribution >= 0.6 is 11.8 Å². The molecular weight excluding hydrogens is 322 g/mol. The van der Waals surface area contributed by atoms with E-state index >= 15 is 0 Å². The van der Waals surface area contributed by atoms with Crippen LogP contribution in [0.25, 0.3) is 0 Å². The number of carbonyl (C=O) groups excluding carboxylic acids is 1. The summed E-state index contributed by atoms with van der Waals surface area (Å²) in [6.45, 7) is 2.35. The van der Waals surface area contributed by atoms with E-state index in [1.807, 2.05) is 13.2 Å². The van der Waals surface area contributed by atoms with Gasteiger partial charge in [0.2, 0.25) is 5.91 Å². The Morgan fingerprint density at radius 1 is 1.41 bits per heavy atom. The van der Waals surface area contributed by atoms with E-state index in [2.05, 4.69) is 15.0 Å². The van der Waals surface area contributed by atoms with Gasteiger partial charge in [-0.05, 0) is 37.5 Å². The number of carbonyl (C=O) groups is 1. The predicted molar refractivity (Wildman–Crippen MR) is 88.8 cm³/mol. The number of hydrogen-bond acceptors (Lipinski definition) is 5. The minimum Gasteiger partial charge on any atom is -0.355 e. The summed E-state index contributed by atoms with van der Waals surface area (Å²) in [4.78, 5) is 16.7. The standard InChI is InChI=1S/C14H19N3O3S2/c1-3-15-14(18)11(8-9-21-2)16-13-10-6-4-5-7-12(10)22(19,20)17-13/h4-7,11H,3,8-9H2,1-2H3,(H,15,18)(H,16,17)/t11-/m0/s1. The van der Waals surface area contributed by atoms with Crippen LogP contribution in [0.5, 0.6) is 0 Å². The monoisotopic (exact) mass is 341 g/mol. The second-order valence-corrected chi connectivity index (χ2v) is 7.41. The third-order valence-electron chi connectivity index (χ3n) is 3.20. The Bertz CT molecular complexity index is 686. The molecule has 6 nitrogen and oxygen atoms in total. The molecule has 0 saturated carbocycles. The molecule has 1 aromatic carbocycles. The van der Waals surface area contributed by atoms with Gasteiger partial charge in [-0.25, -0.2) is 8.42 Å². The number of likely N-dealkylation sites (N-methyl/N-ethyl adjacent to an activating group) is 1. The summed E-state index contributed by atoms with van der Waals surface area (Å²) in [5.41, 5.74) is 0.515. The molecular formula is C14H19N3O3S2. The summed E-state index contributed by atoms with van der Waals surface area (Å²) >= 11 is 1.62. The molecule has 2 rings (SSSR count). The quantitative estimate of drug-likeness (QED) is 0.807. The van der Waals surface area contributed by atoms with Crippen LogP contribution in [0.2, 0.25) is 0 Å². The lowest BCUT2D eigenvalue weighted by atomic mass is 10.2. The zero-order valence-electron chi connectivity index (χ0n) is 12.5. The Morgan fingerprint density at radius 3 is 2.82 bits per heavy atom. The van der Waals surface area contributed by atoms with Crippen LogP contribution in [0.1, 0.15) is 18.9 Å². The van der Waals surface area contributed by atoms with Gasteiger partial charge in [0.1, 0.15) is 11.9 Å². The van der Waals surface area contributed by atoms with Crippen LogP contribution in [0, 0.1) is 0 Å². The van der Waals surface area contributed by atoms with Crippen molar-refractivity contribution >= 4 is 33.5 Å². The van der Waals surface area contributed by atoms with Gasteiger partial charge in [0.15, 0.2) is 0 Å². The van der Waals surface area contributed by atoms with Gasteiger partial charge < -0.3 is 5.32 Å². The number of nitrogens with zero attached hydrogens (tertiary/aromatic N) is 1. The number of rotatable bonds is 6. The average Bonchev–Trinajstić information content (AvgIpc) is 2.75. The van der Waals surface area contributed by atoms with Crippen molar-refractivity contribution < 1.29 is 13.2 Å². The average molecular weight is 341 g/mol. The Labute approximate surface area is 134 Å². The molecule has 22 heavy (non-hydrogen) atoms. The third-order valence-corrected chi connectivity index (χ3v) is 5.24. The molecule has 0 fully saturated rings. The van der Waals surface area contributed by atoms with Crippen molar-refractivity contribution in [3.8, 4) is 0 Å². The van der Waals surface area contributed by atoms with Crippen LogP contribution in [0.15, 0.2) is 34.2 Å². The summed E-state index contributed by atoms with van der Waals surface area (Å²) in [5, 5.41) is 2.74. The third kappa shape index (κ3) is 3.61. The first-order chi connectivity index (χ1) is 10.5. The van der Waals surface area contributed by atoms with Gasteiger partial charge in [0, 0.05) is 12.1 Å². The fraction of sp³-hybridized carbons (Fsp3) is 0.429. The van der Waals surface area contributed by atoms with Crippen molar-refractivity contribution in [1.29, 1.82) is 0 Å².